The summed E-state index contributed by atoms with van der Waals surface area (Å²) in [5.74, 6) is -1.15. The van der Waals surface area contributed by atoms with Crippen molar-refractivity contribution in [2.24, 2.45) is 0 Å². The summed E-state index contributed by atoms with van der Waals surface area (Å²) in [5, 5.41) is 10.2. The van der Waals surface area contributed by atoms with Crippen molar-refractivity contribution in [1.82, 2.24) is 0 Å². The maximum absolute atomic E-state index is 10.2. The predicted molar refractivity (Wildman–Crippen MR) is 49.5 cm³/mol. The lowest BCUT2D eigenvalue weighted by Gasteiger charge is -1.89. The van der Waals surface area contributed by atoms with Crippen LogP contribution in [0.2, 0.25) is 0 Å². The summed E-state index contributed by atoms with van der Waals surface area (Å²) in [5.41, 5.74) is 0.197. The summed E-state index contributed by atoms with van der Waals surface area (Å²) in [7, 11) is 0. The lowest BCUT2D eigenvalue weighted by molar-refractivity contribution is 0.0573. The van der Waals surface area contributed by atoms with E-state index in [9.17, 15) is 9.90 Å². The van der Waals surface area contributed by atoms with Gasteiger partial charge in [0.25, 0.3) is 0 Å². The van der Waals surface area contributed by atoms with Gasteiger partial charge in [0, 0.05) is 4.47 Å². The molecule has 0 N–H and O–H groups in total. The van der Waals surface area contributed by atoms with Crippen molar-refractivity contribution in [3.8, 4) is 0 Å². The van der Waals surface area contributed by atoms with Gasteiger partial charge in [-0.2, -0.15) is 13.5 Å². The van der Waals surface area contributed by atoms with Gasteiger partial charge in [-0.25, -0.2) is 9.90 Å². The maximum Gasteiger partial charge on any atom is 0.386 e. The molecule has 0 heterocycles. The highest BCUT2D eigenvalue weighted by molar-refractivity contribution is 9.10. The smallest absolute Gasteiger partial charge is 0.242 e. The van der Waals surface area contributed by atoms with Crippen molar-refractivity contribution in [3.63, 3.8) is 0 Å². The Labute approximate surface area is 79.8 Å². The molecule has 1 aromatic rings. The van der Waals surface area contributed by atoms with Crippen LogP contribution < -0.4 is 0 Å². The molecule has 1 rings (SSSR count). The van der Waals surface area contributed by atoms with Gasteiger partial charge in [-0.3, -0.25) is 0 Å². The topological polar surface area (TPSA) is 37.0 Å². The van der Waals surface area contributed by atoms with Crippen LogP contribution in [0.4, 0.5) is 0 Å². The van der Waals surface area contributed by atoms with Crippen LogP contribution in [0, 0.1) is 0 Å². The number of hydrogen-bond donors (Lipinski definition) is 0. The molecule has 0 amide bonds. The highest BCUT2D eigenvalue weighted by atomic mass is 79.9. The SMILES string of the molecule is S.[O]C(=O)c1ccc(Br)cc1. The molecule has 0 bridgehead atoms. The van der Waals surface area contributed by atoms with E-state index in [1.807, 2.05) is 0 Å². The van der Waals surface area contributed by atoms with Gasteiger partial charge in [0.1, 0.15) is 0 Å². The second-order valence-electron chi connectivity index (χ2n) is 1.79. The van der Waals surface area contributed by atoms with Crippen LogP contribution in [-0.4, -0.2) is 5.97 Å². The third kappa shape index (κ3) is 2.95. The number of halogens is 1. The van der Waals surface area contributed by atoms with Gasteiger partial charge in [-0.1, -0.05) is 15.9 Å². The van der Waals surface area contributed by atoms with Gasteiger partial charge in [-0.15, -0.1) is 0 Å². The molecule has 0 spiro atoms. The van der Waals surface area contributed by atoms with E-state index in [0.717, 1.165) is 4.47 Å². The molecule has 0 fully saturated rings. The highest BCUT2D eigenvalue weighted by Gasteiger charge is 2.01. The Balaban J connectivity index is 0.000001000. The fraction of sp³-hybridized carbons (Fsp3) is 0. The number of benzene rings is 1. The number of hydrogen-bond acceptors (Lipinski definition) is 1. The van der Waals surface area contributed by atoms with E-state index < -0.39 is 5.97 Å². The molecule has 0 aliphatic heterocycles. The van der Waals surface area contributed by atoms with Crippen LogP contribution in [0.3, 0.4) is 0 Å². The Bertz CT molecular complexity index is 245. The number of rotatable bonds is 1. The van der Waals surface area contributed by atoms with Gasteiger partial charge < -0.3 is 0 Å². The maximum atomic E-state index is 10.2. The minimum absolute atomic E-state index is 0. The molecule has 2 nitrogen and oxygen atoms in total. The molecule has 0 atom stereocenters. The molecule has 0 unspecified atom stereocenters. The fourth-order valence-corrected chi connectivity index (χ4v) is 0.850. The normalized spacial score (nSPS) is 8.45. The van der Waals surface area contributed by atoms with Crippen molar-refractivity contribution >= 4 is 35.4 Å². The lowest BCUT2D eigenvalue weighted by Crippen LogP contribution is -1.91. The summed E-state index contributed by atoms with van der Waals surface area (Å²) in [4.78, 5) is 10.2. The van der Waals surface area contributed by atoms with E-state index in [1.165, 1.54) is 12.1 Å². The first-order valence-corrected chi connectivity index (χ1v) is 3.46. The van der Waals surface area contributed by atoms with Crippen LogP contribution in [0.1, 0.15) is 10.4 Å². The number of carbonyl (C=O) groups is 1. The quantitative estimate of drug-likeness (QED) is 0.733. The van der Waals surface area contributed by atoms with Gasteiger partial charge in [0.15, 0.2) is 0 Å². The van der Waals surface area contributed by atoms with Gasteiger partial charge >= 0.3 is 5.97 Å². The molecule has 0 saturated heterocycles. The monoisotopic (exact) mass is 233 g/mol. The first kappa shape index (κ1) is 10.5. The molecular formula is C7H6BrO2S. The third-order valence-corrected chi connectivity index (χ3v) is 1.61. The largest absolute Gasteiger partial charge is 0.386 e. The molecule has 11 heavy (non-hydrogen) atoms. The summed E-state index contributed by atoms with van der Waals surface area (Å²) in [6, 6.07) is 6.29. The van der Waals surface area contributed by atoms with Crippen molar-refractivity contribution in [2.75, 3.05) is 0 Å². The summed E-state index contributed by atoms with van der Waals surface area (Å²) in [6.45, 7) is 0. The third-order valence-electron chi connectivity index (χ3n) is 1.08. The second-order valence-corrected chi connectivity index (χ2v) is 2.71. The van der Waals surface area contributed by atoms with Crippen molar-refractivity contribution in [1.29, 1.82) is 0 Å². The Kier molecular flexibility index (Phi) is 4.22. The molecule has 1 aromatic carbocycles. The van der Waals surface area contributed by atoms with E-state index in [2.05, 4.69) is 15.9 Å². The molecule has 0 aliphatic rings. The van der Waals surface area contributed by atoms with Crippen LogP contribution in [0.5, 0.6) is 0 Å². The van der Waals surface area contributed by atoms with E-state index in [4.69, 9.17) is 0 Å². The van der Waals surface area contributed by atoms with E-state index >= 15 is 0 Å². The summed E-state index contributed by atoms with van der Waals surface area (Å²) in [6.07, 6.45) is 0. The minimum Gasteiger partial charge on any atom is -0.242 e. The molecule has 1 radical (unpaired) electrons. The second kappa shape index (κ2) is 4.41. The molecular weight excluding hydrogens is 228 g/mol. The zero-order chi connectivity index (χ0) is 7.56. The van der Waals surface area contributed by atoms with Gasteiger partial charge in [0.2, 0.25) is 0 Å². The average molecular weight is 234 g/mol. The van der Waals surface area contributed by atoms with E-state index in [1.54, 1.807) is 12.1 Å². The standard InChI is InChI=1S/C7H4BrO2.H2S/c8-6-3-1-5(2-4-6)7(9)10;/h1-4H;1H2. The first-order valence-electron chi connectivity index (χ1n) is 2.67. The van der Waals surface area contributed by atoms with Crippen LogP contribution >= 0.6 is 29.4 Å². The predicted octanol–water partition coefficient (Wildman–Crippen LogP) is 2.13. The van der Waals surface area contributed by atoms with Crippen molar-refractivity contribution in [2.45, 2.75) is 0 Å². The Hall–Kier alpha value is -0.480. The summed E-state index contributed by atoms with van der Waals surface area (Å²) >= 11 is 3.18. The van der Waals surface area contributed by atoms with E-state index in [0.29, 0.717) is 0 Å². The van der Waals surface area contributed by atoms with Gasteiger partial charge in [0.05, 0.1) is 5.56 Å². The highest BCUT2D eigenvalue weighted by Crippen LogP contribution is 2.09. The zero-order valence-corrected chi connectivity index (χ0v) is 8.09. The van der Waals surface area contributed by atoms with Crippen molar-refractivity contribution < 1.29 is 9.90 Å². The fourth-order valence-electron chi connectivity index (χ4n) is 0.586. The van der Waals surface area contributed by atoms with Crippen LogP contribution in [0.15, 0.2) is 28.7 Å². The van der Waals surface area contributed by atoms with Gasteiger partial charge in [-0.05, 0) is 24.3 Å². The number of carbonyl (C=O) groups excluding carboxylic acids is 1. The lowest BCUT2D eigenvalue weighted by atomic mass is 10.2. The average Bonchev–Trinajstić information content (AvgIpc) is 1.88. The van der Waals surface area contributed by atoms with Crippen molar-refractivity contribution in [3.05, 3.63) is 34.3 Å². The Morgan fingerprint density at radius 2 is 1.64 bits per heavy atom. The zero-order valence-electron chi connectivity index (χ0n) is 5.50. The molecule has 0 aliphatic carbocycles. The summed E-state index contributed by atoms with van der Waals surface area (Å²) < 4.78 is 0.859. The molecule has 0 aromatic heterocycles. The van der Waals surface area contributed by atoms with Crippen LogP contribution in [-0.2, 0) is 5.11 Å². The molecule has 0 saturated carbocycles. The Morgan fingerprint density at radius 3 is 2.00 bits per heavy atom. The first-order chi connectivity index (χ1) is 4.70. The molecule has 59 valence electrons. The minimum atomic E-state index is -1.15. The van der Waals surface area contributed by atoms with E-state index in [-0.39, 0.29) is 19.1 Å². The van der Waals surface area contributed by atoms with Crippen LogP contribution in [0.25, 0.3) is 0 Å². The molecule has 4 heteroatoms. The Morgan fingerprint density at radius 1 is 1.18 bits per heavy atom.